The maximum atomic E-state index is 11.2. The van der Waals surface area contributed by atoms with Crippen molar-refractivity contribution in [3.8, 4) is 0 Å². The molecule has 0 heterocycles. The number of carbonyl (C=O) groups is 1. The van der Waals surface area contributed by atoms with Crippen LogP contribution in [0.4, 0.5) is 5.69 Å². The van der Waals surface area contributed by atoms with Gasteiger partial charge in [0.2, 0.25) is 0 Å². The number of nitrogens with zero attached hydrogens (tertiary/aromatic N) is 1. The number of ketones is 1. The van der Waals surface area contributed by atoms with E-state index < -0.39 is 9.84 Å². The van der Waals surface area contributed by atoms with Crippen LogP contribution in [0.3, 0.4) is 0 Å². The van der Waals surface area contributed by atoms with Crippen LogP contribution < -0.4 is 5.43 Å². The molecule has 0 atom stereocenters. The van der Waals surface area contributed by atoms with Crippen LogP contribution in [-0.2, 0) is 14.6 Å². The summed E-state index contributed by atoms with van der Waals surface area (Å²) in [6.45, 7) is 1.29. The lowest BCUT2D eigenvalue weighted by atomic mass is 10.3. The maximum absolute atomic E-state index is 11.2. The molecule has 92 valence electrons. The van der Waals surface area contributed by atoms with Gasteiger partial charge in [-0.05, 0) is 24.3 Å². The molecule has 0 saturated heterocycles. The van der Waals surface area contributed by atoms with Crippen molar-refractivity contribution >= 4 is 38.1 Å². The van der Waals surface area contributed by atoms with Crippen molar-refractivity contribution in [3.05, 3.63) is 24.3 Å². The highest BCUT2D eigenvalue weighted by atomic mass is 35.5. The molecule has 5 nitrogen and oxygen atoms in total. The minimum atomic E-state index is -3.21. The Kier molecular flexibility index (Phi) is 4.25. The molecule has 0 saturated carbocycles. The predicted molar refractivity (Wildman–Crippen MR) is 67.1 cm³/mol. The van der Waals surface area contributed by atoms with Crippen molar-refractivity contribution in [2.45, 2.75) is 11.8 Å². The third kappa shape index (κ3) is 4.16. The van der Waals surface area contributed by atoms with Gasteiger partial charge in [0, 0.05) is 13.2 Å². The lowest BCUT2D eigenvalue weighted by Crippen LogP contribution is -2.04. The number of hydrogen-bond acceptors (Lipinski definition) is 5. The minimum absolute atomic E-state index is 0.169. The monoisotopic (exact) mass is 274 g/mol. The summed E-state index contributed by atoms with van der Waals surface area (Å²) in [5, 5.41) is 3.45. The highest BCUT2D eigenvalue weighted by molar-refractivity contribution is 7.90. The SMILES string of the molecule is CC(=O)C(Cl)=NNc1ccc(S(C)(=O)=O)cc1. The number of Topliss-reactive ketones (excluding diaryl/α,β-unsaturated/α-hetero) is 1. The molecule has 0 fully saturated rings. The van der Waals surface area contributed by atoms with Crippen molar-refractivity contribution in [1.82, 2.24) is 0 Å². The van der Waals surface area contributed by atoms with E-state index in [4.69, 9.17) is 11.6 Å². The number of nitrogens with one attached hydrogen (secondary N) is 1. The van der Waals surface area contributed by atoms with Crippen molar-refractivity contribution in [1.29, 1.82) is 0 Å². The number of carbonyl (C=O) groups excluding carboxylic acids is 1. The first kappa shape index (κ1) is 13.7. The molecule has 0 spiro atoms. The third-order valence-corrected chi connectivity index (χ3v) is 3.34. The van der Waals surface area contributed by atoms with Crippen LogP contribution in [0, 0.1) is 0 Å². The van der Waals surface area contributed by atoms with Gasteiger partial charge >= 0.3 is 0 Å². The lowest BCUT2D eigenvalue weighted by molar-refractivity contribution is -0.110. The summed E-state index contributed by atoms with van der Waals surface area (Å²) in [5.41, 5.74) is 3.08. The van der Waals surface area contributed by atoms with Gasteiger partial charge in [0.1, 0.15) is 0 Å². The largest absolute Gasteiger partial charge is 0.292 e. The third-order valence-electron chi connectivity index (χ3n) is 1.86. The molecule has 0 aromatic heterocycles. The number of benzene rings is 1. The van der Waals surface area contributed by atoms with Crippen molar-refractivity contribution < 1.29 is 13.2 Å². The standard InChI is InChI=1S/C10H11ClN2O3S/c1-7(14)10(11)13-12-8-3-5-9(6-4-8)17(2,15)16/h3-6,12H,1-2H3. The van der Waals surface area contributed by atoms with Crippen LogP contribution in [0.2, 0.25) is 0 Å². The molecule has 0 aliphatic rings. The Balaban J connectivity index is 2.83. The Morgan fingerprint density at radius 2 is 1.82 bits per heavy atom. The molecule has 17 heavy (non-hydrogen) atoms. The zero-order valence-corrected chi connectivity index (χ0v) is 10.8. The molecule has 0 unspecified atom stereocenters. The Bertz CT molecular complexity index is 549. The van der Waals surface area contributed by atoms with E-state index in [1.54, 1.807) is 0 Å². The van der Waals surface area contributed by atoms with E-state index in [-0.39, 0.29) is 15.8 Å². The van der Waals surface area contributed by atoms with Gasteiger partial charge in [0.05, 0.1) is 10.6 Å². The average Bonchev–Trinajstić information content (AvgIpc) is 2.25. The first-order chi connectivity index (χ1) is 7.80. The van der Waals surface area contributed by atoms with Crippen molar-refractivity contribution in [2.75, 3.05) is 11.7 Å². The van der Waals surface area contributed by atoms with Gasteiger partial charge in [-0.3, -0.25) is 10.2 Å². The highest BCUT2D eigenvalue weighted by Gasteiger charge is 2.06. The van der Waals surface area contributed by atoms with Gasteiger partial charge in [0.15, 0.2) is 20.8 Å². The first-order valence-corrected chi connectivity index (χ1v) is 6.88. The van der Waals surface area contributed by atoms with E-state index in [0.717, 1.165) is 6.26 Å². The molecule has 1 N–H and O–H groups in total. The zero-order valence-electron chi connectivity index (χ0n) is 9.27. The summed E-state index contributed by atoms with van der Waals surface area (Å²) in [6.07, 6.45) is 1.13. The van der Waals surface area contributed by atoms with E-state index in [0.29, 0.717) is 5.69 Å². The van der Waals surface area contributed by atoms with Crippen LogP contribution in [0.5, 0.6) is 0 Å². The summed E-state index contributed by atoms with van der Waals surface area (Å²) in [6, 6.07) is 5.94. The molecule has 7 heteroatoms. The quantitative estimate of drug-likeness (QED) is 0.669. The second-order valence-corrected chi connectivity index (χ2v) is 5.74. The Labute approximate surface area is 104 Å². The fourth-order valence-corrected chi connectivity index (χ4v) is 1.64. The molecule has 0 aliphatic heterocycles. The smallest absolute Gasteiger partial charge is 0.191 e. The van der Waals surface area contributed by atoms with E-state index in [9.17, 15) is 13.2 Å². The fraction of sp³-hybridized carbons (Fsp3) is 0.200. The topological polar surface area (TPSA) is 75.6 Å². The Morgan fingerprint density at radius 1 is 1.29 bits per heavy atom. The molecular formula is C10H11ClN2O3S. The van der Waals surface area contributed by atoms with Crippen molar-refractivity contribution in [3.63, 3.8) is 0 Å². The second kappa shape index (κ2) is 5.29. The van der Waals surface area contributed by atoms with Crippen LogP contribution in [-0.4, -0.2) is 25.6 Å². The molecule has 1 aromatic rings. The molecule has 1 rings (SSSR count). The number of hydrazone groups is 1. The summed E-state index contributed by atoms with van der Waals surface area (Å²) in [5.74, 6) is -0.355. The van der Waals surface area contributed by atoms with Crippen LogP contribution in [0.25, 0.3) is 0 Å². The Hall–Kier alpha value is -1.40. The maximum Gasteiger partial charge on any atom is 0.191 e. The normalized spacial score (nSPS) is 12.3. The van der Waals surface area contributed by atoms with E-state index in [1.807, 2.05) is 0 Å². The summed E-state index contributed by atoms with van der Waals surface area (Å²) in [7, 11) is -3.21. The highest BCUT2D eigenvalue weighted by Crippen LogP contribution is 2.13. The lowest BCUT2D eigenvalue weighted by Gasteiger charge is -2.02. The van der Waals surface area contributed by atoms with Crippen LogP contribution in [0.1, 0.15) is 6.92 Å². The number of hydrogen-bond donors (Lipinski definition) is 1. The summed E-state index contributed by atoms with van der Waals surface area (Å²) < 4.78 is 22.4. The zero-order chi connectivity index (χ0) is 13.1. The van der Waals surface area contributed by atoms with E-state index >= 15 is 0 Å². The van der Waals surface area contributed by atoms with E-state index in [2.05, 4.69) is 10.5 Å². The van der Waals surface area contributed by atoms with Gasteiger partial charge in [-0.25, -0.2) is 8.42 Å². The number of sulfone groups is 1. The van der Waals surface area contributed by atoms with Gasteiger partial charge in [-0.2, -0.15) is 5.10 Å². The molecule has 1 aromatic carbocycles. The van der Waals surface area contributed by atoms with Gasteiger partial charge in [-0.15, -0.1) is 0 Å². The Morgan fingerprint density at radius 3 is 2.24 bits per heavy atom. The second-order valence-electron chi connectivity index (χ2n) is 3.37. The molecule has 0 aliphatic carbocycles. The number of rotatable bonds is 4. The van der Waals surface area contributed by atoms with Crippen molar-refractivity contribution in [2.24, 2.45) is 5.10 Å². The molecule has 0 amide bonds. The summed E-state index contributed by atoms with van der Waals surface area (Å²) in [4.78, 5) is 11.0. The van der Waals surface area contributed by atoms with Gasteiger partial charge < -0.3 is 0 Å². The van der Waals surface area contributed by atoms with Gasteiger partial charge in [0.25, 0.3) is 0 Å². The number of halogens is 1. The van der Waals surface area contributed by atoms with Crippen LogP contribution >= 0.6 is 11.6 Å². The molecule has 0 radical (unpaired) electrons. The fourth-order valence-electron chi connectivity index (χ4n) is 0.969. The number of anilines is 1. The minimum Gasteiger partial charge on any atom is -0.292 e. The van der Waals surface area contributed by atoms with Gasteiger partial charge in [-0.1, -0.05) is 11.6 Å². The molecular weight excluding hydrogens is 264 g/mol. The van der Waals surface area contributed by atoms with Crippen LogP contribution in [0.15, 0.2) is 34.3 Å². The first-order valence-electron chi connectivity index (χ1n) is 4.61. The summed E-state index contributed by atoms with van der Waals surface area (Å²) >= 11 is 5.51. The predicted octanol–water partition coefficient (Wildman–Crippen LogP) is 1.64. The van der Waals surface area contributed by atoms with E-state index in [1.165, 1.54) is 31.2 Å². The average molecular weight is 275 g/mol. The molecule has 0 bridgehead atoms.